The first-order valence-corrected chi connectivity index (χ1v) is 10.5. The number of aliphatic imine (C=N–C) groups is 1. The first-order chi connectivity index (χ1) is 14.5. The van der Waals surface area contributed by atoms with Crippen molar-refractivity contribution in [3.8, 4) is 0 Å². The van der Waals surface area contributed by atoms with Gasteiger partial charge in [-0.25, -0.2) is 9.38 Å². The van der Waals surface area contributed by atoms with Crippen molar-refractivity contribution < 1.29 is 18.7 Å². The van der Waals surface area contributed by atoms with E-state index in [1.165, 1.54) is 36.0 Å². The molecule has 2 aromatic carbocycles. The number of benzene rings is 2. The number of nitrogens with one attached hydrogen (secondary N) is 1. The fraction of sp³-hybridized carbons (Fsp3) is 0.318. The van der Waals surface area contributed by atoms with Crippen molar-refractivity contribution in [2.75, 3.05) is 25.6 Å². The number of methoxy groups -OCH3 is 1. The quantitative estimate of drug-likeness (QED) is 0.641. The van der Waals surface area contributed by atoms with E-state index in [1.54, 1.807) is 12.0 Å². The molecule has 2 amide bonds. The van der Waals surface area contributed by atoms with Crippen molar-refractivity contribution in [1.29, 1.82) is 0 Å². The Labute approximate surface area is 179 Å². The molecule has 0 aliphatic carbocycles. The average molecular weight is 430 g/mol. The Kier molecular flexibility index (Phi) is 7.59. The van der Waals surface area contributed by atoms with E-state index in [-0.39, 0.29) is 24.1 Å². The molecule has 1 saturated heterocycles. The molecule has 8 heteroatoms. The SMILES string of the molecule is COCCCN1C(=O)C(CC(=O)Nc2ccc(F)cc2)SC1=Nc1cccc(C)c1. The maximum absolute atomic E-state index is 13.0. The van der Waals surface area contributed by atoms with E-state index >= 15 is 0 Å². The number of ether oxygens (including phenoxy) is 1. The summed E-state index contributed by atoms with van der Waals surface area (Å²) in [5.41, 5.74) is 2.33. The predicted octanol–water partition coefficient (Wildman–Crippen LogP) is 4.13. The van der Waals surface area contributed by atoms with Gasteiger partial charge >= 0.3 is 0 Å². The lowest BCUT2D eigenvalue weighted by Crippen LogP contribution is -2.34. The normalized spacial score (nSPS) is 17.6. The molecule has 1 aliphatic heterocycles. The van der Waals surface area contributed by atoms with E-state index in [0.29, 0.717) is 30.4 Å². The summed E-state index contributed by atoms with van der Waals surface area (Å²) < 4.78 is 18.1. The zero-order chi connectivity index (χ0) is 21.5. The van der Waals surface area contributed by atoms with Crippen LogP contribution in [0.15, 0.2) is 53.5 Å². The van der Waals surface area contributed by atoms with Crippen LogP contribution in [0.4, 0.5) is 15.8 Å². The molecule has 0 saturated carbocycles. The van der Waals surface area contributed by atoms with Crippen molar-refractivity contribution in [1.82, 2.24) is 4.90 Å². The van der Waals surface area contributed by atoms with E-state index in [4.69, 9.17) is 4.74 Å². The first kappa shape index (κ1) is 22.0. The Morgan fingerprint density at radius 2 is 2.03 bits per heavy atom. The van der Waals surface area contributed by atoms with E-state index < -0.39 is 5.25 Å². The third-order valence-corrected chi connectivity index (χ3v) is 5.65. The summed E-state index contributed by atoms with van der Waals surface area (Å²) in [7, 11) is 1.62. The molecule has 2 aromatic rings. The van der Waals surface area contributed by atoms with Crippen LogP contribution in [0, 0.1) is 12.7 Å². The van der Waals surface area contributed by atoms with Gasteiger partial charge in [-0.2, -0.15) is 0 Å². The fourth-order valence-electron chi connectivity index (χ4n) is 3.02. The fourth-order valence-corrected chi connectivity index (χ4v) is 4.20. The van der Waals surface area contributed by atoms with Crippen LogP contribution < -0.4 is 5.32 Å². The van der Waals surface area contributed by atoms with Gasteiger partial charge in [0.1, 0.15) is 11.1 Å². The van der Waals surface area contributed by atoms with Gasteiger partial charge in [0, 0.05) is 32.4 Å². The maximum Gasteiger partial charge on any atom is 0.242 e. The smallest absolute Gasteiger partial charge is 0.242 e. The highest BCUT2D eigenvalue weighted by molar-refractivity contribution is 8.15. The number of rotatable bonds is 8. The number of anilines is 1. The van der Waals surface area contributed by atoms with Crippen molar-refractivity contribution in [3.05, 3.63) is 59.9 Å². The largest absolute Gasteiger partial charge is 0.385 e. The number of hydrogen-bond acceptors (Lipinski definition) is 5. The number of thioether (sulfide) groups is 1. The summed E-state index contributed by atoms with van der Waals surface area (Å²) in [6.07, 6.45) is 0.679. The maximum atomic E-state index is 13.0. The second-order valence-electron chi connectivity index (χ2n) is 6.94. The minimum absolute atomic E-state index is 0.00842. The van der Waals surface area contributed by atoms with Gasteiger partial charge in [0.2, 0.25) is 11.8 Å². The van der Waals surface area contributed by atoms with E-state index in [0.717, 1.165) is 11.3 Å². The minimum atomic E-state index is -0.559. The molecule has 30 heavy (non-hydrogen) atoms. The molecular formula is C22H24FN3O3S. The highest BCUT2D eigenvalue weighted by Crippen LogP contribution is 2.32. The van der Waals surface area contributed by atoms with Gasteiger partial charge in [-0.05, 0) is 55.3 Å². The number of carbonyl (C=O) groups is 2. The topological polar surface area (TPSA) is 71.0 Å². The number of amides is 2. The number of nitrogens with zero attached hydrogens (tertiary/aromatic N) is 2. The van der Waals surface area contributed by atoms with E-state index in [2.05, 4.69) is 10.3 Å². The molecule has 1 atom stereocenters. The number of halogens is 1. The molecule has 0 spiro atoms. The van der Waals surface area contributed by atoms with Crippen molar-refractivity contribution in [2.45, 2.75) is 25.0 Å². The Bertz CT molecular complexity index is 933. The Morgan fingerprint density at radius 3 is 2.73 bits per heavy atom. The summed E-state index contributed by atoms with van der Waals surface area (Å²) in [6, 6.07) is 13.2. The molecule has 3 rings (SSSR count). The molecule has 6 nitrogen and oxygen atoms in total. The highest BCUT2D eigenvalue weighted by atomic mass is 32.2. The van der Waals surface area contributed by atoms with Crippen molar-refractivity contribution >= 4 is 40.1 Å². The number of carbonyl (C=O) groups excluding carboxylic acids is 2. The summed E-state index contributed by atoms with van der Waals surface area (Å²) >= 11 is 1.29. The summed E-state index contributed by atoms with van der Waals surface area (Å²) in [4.78, 5) is 31.7. The lowest BCUT2D eigenvalue weighted by Gasteiger charge is -2.16. The van der Waals surface area contributed by atoms with Gasteiger partial charge in [-0.3, -0.25) is 14.5 Å². The lowest BCUT2D eigenvalue weighted by atomic mass is 10.2. The molecule has 158 valence electrons. The highest BCUT2D eigenvalue weighted by Gasteiger charge is 2.38. The third kappa shape index (κ3) is 5.90. The van der Waals surface area contributed by atoms with Crippen LogP contribution >= 0.6 is 11.8 Å². The monoisotopic (exact) mass is 429 g/mol. The first-order valence-electron chi connectivity index (χ1n) is 9.64. The van der Waals surface area contributed by atoms with Gasteiger partial charge in [0.05, 0.1) is 5.69 Å². The van der Waals surface area contributed by atoms with Gasteiger partial charge < -0.3 is 10.1 Å². The number of hydrogen-bond donors (Lipinski definition) is 1. The summed E-state index contributed by atoms with van der Waals surface area (Å²) in [5, 5.41) is 2.73. The van der Waals surface area contributed by atoms with Crippen LogP contribution in [-0.2, 0) is 14.3 Å². The van der Waals surface area contributed by atoms with Gasteiger partial charge in [0.15, 0.2) is 5.17 Å². The van der Waals surface area contributed by atoms with Crippen molar-refractivity contribution in [3.63, 3.8) is 0 Å². The zero-order valence-corrected chi connectivity index (χ0v) is 17.7. The van der Waals surface area contributed by atoms with Crippen LogP contribution in [0.25, 0.3) is 0 Å². The van der Waals surface area contributed by atoms with Crippen LogP contribution in [-0.4, -0.2) is 47.4 Å². The molecule has 0 bridgehead atoms. The minimum Gasteiger partial charge on any atom is -0.385 e. The lowest BCUT2D eigenvalue weighted by molar-refractivity contribution is -0.128. The van der Waals surface area contributed by atoms with Crippen molar-refractivity contribution in [2.24, 2.45) is 4.99 Å². The Hall–Kier alpha value is -2.71. The molecule has 1 heterocycles. The molecule has 1 N–H and O–H groups in total. The third-order valence-electron chi connectivity index (χ3n) is 4.48. The van der Waals surface area contributed by atoms with E-state index in [1.807, 2.05) is 31.2 Å². The number of aryl methyl sites for hydroxylation is 1. The standard InChI is InChI=1S/C22H24FN3O3S/c1-15-5-3-6-18(13-15)25-22-26(11-4-12-29-2)21(28)19(30-22)14-20(27)24-17-9-7-16(23)8-10-17/h3,5-10,13,19H,4,11-12,14H2,1-2H3,(H,24,27). The summed E-state index contributed by atoms with van der Waals surface area (Å²) in [5.74, 6) is -0.823. The zero-order valence-electron chi connectivity index (χ0n) is 16.9. The van der Waals surface area contributed by atoms with Gasteiger partial charge in [-0.15, -0.1) is 0 Å². The Balaban J connectivity index is 1.72. The Morgan fingerprint density at radius 1 is 1.27 bits per heavy atom. The molecule has 1 unspecified atom stereocenters. The van der Waals surface area contributed by atoms with Crippen LogP contribution in [0.1, 0.15) is 18.4 Å². The van der Waals surface area contributed by atoms with E-state index in [9.17, 15) is 14.0 Å². The molecule has 1 fully saturated rings. The predicted molar refractivity (Wildman–Crippen MR) is 118 cm³/mol. The molecule has 1 aliphatic rings. The second kappa shape index (κ2) is 10.4. The molecule has 0 radical (unpaired) electrons. The van der Waals surface area contributed by atoms with Gasteiger partial charge in [-0.1, -0.05) is 23.9 Å². The molecule has 0 aromatic heterocycles. The molecular weight excluding hydrogens is 405 g/mol. The second-order valence-corrected chi connectivity index (χ2v) is 8.11. The number of amidine groups is 1. The van der Waals surface area contributed by atoms with Crippen LogP contribution in [0.2, 0.25) is 0 Å². The summed E-state index contributed by atoms with van der Waals surface area (Å²) in [6.45, 7) is 2.98. The van der Waals surface area contributed by atoms with Crippen LogP contribution in [0.3, 0.4) is 0 Å². The van der Waals surface area contributed by atoms with Crippen LogP contribution in [0.5, 0.6) is 0 Å². The average Bonchev–Trinajstić information content (AvgIpc) is 2.98. The van der Waals surface area contributed by atoms with Gasteiger partial charge in [0.25, 0.3) is 0 Å².